The molecule has 0 spiro atoms. The fourth-order valence-corrected chi connectivity index (χ4v) is 2.23. The number of hydrogen-bond acceptors (Lipinski definition) is 4. The summed E-state index contributed by atoms with van der Waals surface area (Å²) < 4.78 is 5.06. The average molecular weight is 348 g/mol. The molecule has 2 N–H and O–H groups in total. The van der Waals surface area contributed by atoms with Crippen molar-refractivity contribution < 1.29 is 14.3 Å². The first-order chi connectivity index (χ1) is 11.5. The SMILES string of the molecule is CCCNC(=O)c1cncc(C(=O)Nc2ccc(OC)c(Cl)c2)c1. The number of aromatic nitrogens is 1. The molecule has 126 valence electrons. The number of benzene rings is 1. The third-order valence-corrected chi connectivity index (χ3v) is 3.50. The summed E-state index contributed by atoms with van der Waals surface area (Å²) in [5, 5.41) is 5.84. The van der Waals surface area contributed by atoms with Crippen LogP contribution in [-0.4, -0.2) is 30.5 Å². The number of anilines is 1. The van der Waals surface area contributed by atoms with Gasteiger partial charge in [0.1, 0.15) is 5.75 Å². The smallest absolute Gasteiger partial charge is 0.257 e. The van der Waals surface area contributed by atoms with Crippen LogP contribution in [0.25, 0.3) is 0 Å². The predicted molar refractivity (Wildman–Crippen MR) is 92.8 cm³/mol. The van der Waals surface area contributed by atoms with Crippen molar-refractivity contribution in [3.05, 3.63) is 52.8 Å². The maximum atomic E-state index is 12.3. The Kier molecular flexibility index (Phi) is 6.14. The van der Waals surface area contributed by atoms with E-state index in [2.05, 4.69) is 15.6 Å². The van der Waals surface area contributed by atoms with Crippen molar-refractivity contribution in [2.75, 3.05) is 19.0 Å². The Labute approximate surface area is 145 Å². The minimum absolute atomic E-state index is 0.258. The van der Waals surface area contributed by atoms with Crippen LogP contribution in [0.1, 0.15) is 34.1 Å². The van der Waals surface area contributed by atoms with Gasteiger partial charge in [-0.05, 0) is 30.7 Å². The van der Waals surface area contributed by atoms with Crippen LogP contribution >= 0.6 is 11.6 Å². The molecule has 0 saturated heterocycles. The van der Waals surface area contributed by atoms with Crippen molar-refractivity contribution in [1.29, 1.82) is 0 Å². The molecule has 0 atom stereocenters. The second-order valence-corrected chi connectivity index (χ2v) is 5.43. The van der Waals surface area contributed by atoms with Gasteiger partial charge in [-0.3, -0.25) is 14.6 Å². The van der Waals surface area contributed by atoms with Crippen molar-refractivity contribution in [3.63, 3.8) is 0 Å². The van der Waals surface area contributed by atoms with Gasteiger partial charge in [0, 0.05) is 24.6 Å². The minimum atomic E-state index is -0.381. The summed E-state index contributed by atoms with van der Waals surface area (Å²) in [4.78, 5) is 28.2. The van der Waals surface area contributed by atoms with Gasteiger partial charge in [0.25, 0.3) is 11.8 Å². The molecule has 2 rings (SSSR count). The van der Waals surface area contributed by atoms with E-state index < -0.39 is 0 Å². The highest BCUT2D eigenvalue weighted by atomic mass is 35.5. The molecule has 24 heavy (non-hydrogen) atoms. The van der Waals surface area contributed by atoms with E-state index in [-0.39, 0.29) is 17.4 Å². The van der Waals surface area contributed by atoms with E-state index in [0.717, 1.165) is 6.42 Å². The van der Waals surface area contributed by atoms with Crippen molar-refractivity contribution in [3.8, 4) is 5.75 Å². The maximum Gasteiger partial charge on any atom is 0.257 e. The van der Waals surface area contributed by atoms with Gasteiger partial charge in [0.2, 0.25) is 0 Å². The fraction of sp³-hybridized carbons (Fsp3) is 0.235. The van der Waals surface area contributed by atoms with Crippen LogP contribution in [0.4, 0.5) is 5.69 Å². The van der Waals surface area contributed by atoms with E-state index in [0.29, 0.717) is 28.6 Å². The van der Waals surface area contributed by atoms with Crippen LogP contribution in [0.5, 0.6) is 5.75 Å². The third-order valence-electron chi connectivity index (χ3n) is 3.21. The number of nitrogens with zero attached hydrogens (tertiary/aromatic N) is 1. The summed E-state index contributed by atoms with van der Waals surface area (Å²) in [6.07, 6.45) is 3.65. The number of carbonyl (C=O) groups is 2. The van der Waals surface area contributed by atoms with Gasteiger partial charge in [-0.2, -0.15) is 0 Å². The Balaban J connectivity index is 2.12. The molecule has 1 aromatic carbocycles. The third kappa shape index (κ3) is 4.45. The molecule has 6 nitrogen and oxygen atoms in total. The number of amides is 2. The van der Waals surface area contributed by atoms with Gasteiger partial charge < -0.3 is 15.4 Å². The Bertz CT molecular complexity index is 750. The number of pyridine rings is 1. The van der Waals surface area contributed by atoms with Crippen molar-refractivity contribution >= 4 is 29.1 Å². The summed E-state index contributed by atoms with van der Waals surface area (Å²) in [5.74, 6) is -0.119. The fourth-order valence-electron chi connectivity index (χ4n) is 1.98. The molecule has 1 aromatic heterocycles. The molecule has 0 fully saturated rings. The van der Waals surface area contributed by atoms with Crippen LogP contribution in [0.3, 0.4) is 0 Å². The summed E-state index contributed by atoms with van der Waals surface area (Å²) in [5.41, 5.74) is 1.14. The van der Waals surface area contributed by atoms with Gasteiger partial charge in [-0.1, -0.05) is 18.5 Å². The Morgan fingerprint density at radius 1 is 1.17 bits per heavy atom. The first-order valence-corrected chi connectivity index (χ1v) is 7.81. The maximum absolute atomic E-state index is 12.3. The molecule has 0 aliphatic heterocycles. The predicted octanol–water partition coefficient (Wildman–Crippen LogP) is 3.14. The summed E-state index contributed by atoms with van der Waals surface area (Å²) in [6, 6.07) is 6.42. The standard InChI is InChI=1S/C17H18ClN3O3/c1-3-6-20-16(22)11-7-12(10-19-9-11)17(23)21-13-4-5-15(24-2)14(18)8-13/h4-5,7-10H,3,6H2,1-2H3,(H,20,22)(H,21,23). The lowest BCUT2D eigenvalue weighted by Crippen LogP contribution is -2.24. The van der Waals surface area contributed by atoms with E-state index in [1.54, 1.807) is 18.2 Å². The molecular weight excluding hydrogens is 330 g/mol. The van der Waals surface area contributed by atoms with E-state index in [9.17, 15) is 9.59 Å². The van der Waals surface area contributed by atoms with E-state index in [1.807, 2.05) is 6.92 Å². The number of nitrogens with one attached hydrogen (secondary N) is 2. The van der Waals surface area contributed by atoms with Crippen LogP contribution < -0.4 is 15.4 Å². The molecule has 1 heterocycles. The average Bonchev–Trinajstić information content (AvgIpc) is 2.60. The molecule has 2 amide bonds. The first-order valence-electron chi connectivity index (χ1n) is 7.43. The molecular formula is C17H18ClN3O3. The molecule has 0 saturated carbocycles. The monoisotopic (exact) mass is 347 g/mol. The van der Waals surface area contributed by atoms with Gasteiger partial charge in [0.05, 0.1) is 23.3 Å². The second-order valence-electron chi connectivity index (χ2n) is 5.02. The van der Waals surface area contributed by atoms with Crippen LogP contribution in [0.2, 0.25) is 5.02 Å². The lowest BCUT2D eigenvalue weighted by molar-refractivity contribution is 0.0953. The second kappa shape index (κ2) is 8.31. The number of hydrogen-bond donors (Lipinski definition) is 2. The lowest BCUT2D eigenvalue weighted by Gasteiger charge is -2.09. The Morgan fingerprint density at radius 2 is 1.88 bits per heavy atom. The van der Waals surface area contributed by atoms with Crippen LogP contribution in [0.15, 0.2) is 36.7 Å². The molecule has 7 heteroatoms. The van der Waals surface area contributed by atoms with Gasteiger partial charge in [-0.15, -0.1) is 0 Å². The number of ether oxygens (including phenoxy) is 1. The lowest BCUT2D eigenvalue weighted by atomic mass is 10.1. The van der Waals surface area contributed by atoms with E-state index in [4.69, 9.17) is 16.3 Å². The van der Waals surface area contributed by atoms with E-state index >= 15 is 0 Å². The van der Waals surface area contributed by atoms with Gasteiger partial charge >= 0.3 is 0 Å². The number of methoxy groups -OCH3 is 1. The number of carbonyl (C=O) groups excluding carboxylic acids is 2. The topological polar surface area (TPSA) is 80.3 Å². The largest absolute Gasteiger partial charge is 0.495 e. The quantitative estimate of drug-likeness (QED) is 0.841. The molecule has 0 unspecified atom stereocenters. The summed E-state index contributed by atoms with van der Waals surface area (Å²) in [6.45, 7) is 2.53. The minimum Gasteiger partial charge on any atom is -0.495 e. The Hall–Kier alpha value is -2.60. The number of rotatable bonds is 6. The van der Waals surface area contributed by atoms with Crippen molar-refractivity contribution in [2.45, 2.75) is 13.3 Å². The summed E-state index contributed by atoms with van der Waals surface area (Å²) >= 11 is 6.03. The molecule has 0 bridgehead atoms. The highest BCUT2D eigenvalue weighted by Crippen LogP contribution is 2.27. The molecule has 2 aromatic rings. The molecule has 0 aliphatic rings. The zero-order valence-corrected chi connectivity index (χ0v) is 14.2. The zero-order valence-electron chi connectivity index (χ0n) is 13.4. The van der Waals surface area contributed by atoms with Crippen molar-refractivity contribution in [2.24, 2.45) is 0 Å². The van der Waals surface area contributed by atoms with Crippen LogP contribution in [0, 0.1) is 0 Å². The normalized spacial score (nSPS) is 10.1. The first kappa shape index (κ1) is 17.7. The number of halogens is 1. The van der Waals surface area contributed by atoms with Gasteiger partial charge in [0.15, 0.2) is 0 Å². The van der Waals surface area contributed by atoms with Crippen LogP contribution in [-0.2, 0) is 0 Å². The molecule has 0 radical (unpaired) electrons. The van der Waals surface area contributed by atoms with Crippen molar-refractivity contribution in [1.82, 2.24) is 10.3 Å². The molecule has 0 aliphatic carbocycles. The van der Waals surface area contributed by atoms with E-state index in [1.165, 1.54) is 25.6 Å². The highest BCUT2D eigenvalue weighted by Gasteiger charge is 2.12. The Morgan fingerprint density at radius 3 is 2.50 bits per heavy atom. The van der Waals surface area contributed by atoms with Gasteiger partial charge in [-0.25, -0.2) is 0 Å². The highest BCUT2D eigenvalue weighted by molar-refractivity contribution is 6.32. The summed E-state index contributed by atoms with van der Waals surface area (Å²) in [7, 11) is 1.51. The zero-order chi connectivity index (χ0) is 17.5.